The van der Waals surface area contributed by atoms with Crippen LogP contribution in [0.2, 0.25) is 0 Å². The van der Waals surface area contributed by atoms with Crippen LogP contribution in [0.1, 0.15) is 45.7 Å². The quantitative estimate of drug-likeness (QED) is 0.243. The van der Waals surface area contributed by atoms with E-state index in [9.17, 15) is 18.4 Å². The Labute approximate surface area is 259 Å². The molecule has 0 saturated heterocycles. The molecule has 230 valence electrons. The first-order chi connectivity index (χ1) is 21.5. The lowest BCUT2D eigenvalue weighted by atomic mass is 10.1. The number of halogens is 2. The lowest BCUT2D eigenvalue weighted by Crippen LogP contribution is -2.32. The molecule has 2 N–H and O–H groups in total. The van der Waals surface area contributed by atoms with E-state index in [4.69, 9.17) is 0 Å². The third-order valence-electron chi connectivity index (χ3n) is 7.47. The van der Waals surface area contributed by atoms with Crippen molar-refractivity contribution in [1.82, 2.24) is 29.5 Å². The second kappa shape index (κ2) is 13.1. The summed E-state index contributed by atoms with van der Waals surface area (Å²) in [6.07, 6.45) is 1.72. The van der Waals surface area contributed by atoms with Crippen molar-refractivity contribution in [2.45, 2.75) is 26.4 Å². The number of fused-ring (bicyclic) bond motifs is 1. The van der Waals surface area contributed by atoms with Gasteiger partial charge in [0, 0.05) is 42.1 Å². The molecule has 11 heteroatoms. The highest BCUT2D eigenvalue weighted by Crippen LogP contribution is 2.21. The number of carbonyl (C=O) groups is 1. The number of carbonyl (C=O) groups excluding carboxylic acids is 1. The molecule has 0 spiro atoms. The first-order valence-corrected chi connectivity index (χ1v) is 14.3. The summed E-state index contributed by atoms with van der Waals surface area (Å²) in [4.78, 5) is 37.3. The molecular formula is C34H33F2N7O2. The van der Waals surface area contributed by atoms with Gasteiger partial charge in [-0.3, -0.25) is 14.3 Å². The van der Waals surface area contributed by atoms with E-state index in [1.54, 1.807) is 27.1 Å². The van der Waals surface area contributed by atoms with Crippen molar-refractivity contribution in [3.05, 3.63) is 117 Å². The zero-order chi connectivity index (χ0) is 32.2. The molecule has 9 nitrogen and oxygen atoms in total. The number of nitrogens with one attached hydrogen (secondary N) is 2. The highest BCUT2D eigenvalue weighted by atomic mass is 19.2. The lowest BCUT2D eigenvalue weighted by molar-refractivity contribution is 0.0956. The summed E-state index contributed by atoms with van der Waals surface area (Å²) in [5.74, 6) is 3.87. The van der Waals surface area contributed by atoms with Gasteiger partial charge in [-0.05, 0) is 81.5 Å². The predicted octanol–water partition coefficient (Wildman–Crippen LogP) is 4.91. The maximum absolute atomic E-state index is 13.8. The Morgan fingerprint density at radius 1 is 1.04 bits per heavy atom. The Kier molecular flexibility index (Phi) is 9.06. The third kappa shape index (κ3) is 6.92. The van der Waals surface area contributed by atoms with E-state index in [0.717, 1.165) is 40.8 Å². The van der Waals surface area contributed by atoms with E-state index in [-0.39, 0.29) is 12.1 Å². The highest BCUT2D eigenvalue weighted by Gasteiger charge is 2.24. The third-order valence-corrected chi connectivity index (χ3v) is 7.47. The minimum atomic E-state index is -1.01. The van der Waals surface area contributed by atoms with Crippen LogP contribution in [0.5, 0.6) is 0 Å². The molecule has 0 aliphatic heterocycles. The average Bonchev–Trinajstić information content (AvgIpc) is 3.24. The van der Waals surface area contributed by atoms with Crippen LogP contribution in [0.4, 0.5) is 20.4 Å². The Hall–Kier alpha value is -5.34. The summed E-state index contributed by atoms with van der Waals surface area (Å²) in [5.41, 5.74) is 3.83. The van der Waals surface area contributed by atoms with Gasteiger partial charge < -0.3 is 15.5 Å². The number of amides is 1. The fraction of sp³-hybridized carbons (Fsp3) is 0.235. The van der Waals surface area contributed by atoms with Gasteiger partial charge in [-0.1, -0.05) is 30.0 Å². The van der Waals surface area contributed by atoms with E-state index >= 15 is 0 Å². The summed E-state index contributed by atoms with van der Waals surface area (Å²) < 4.78 is 30.1. The molecule has 3 aromatic carbocycles. The van der Waals surface area contributed by atoms with Crippen LogP contribution in [-0.4, -0.2) is 50.8 Å². The maximum atomic E-state index is 13.8. The molecule has 2 heterocycles. The molecule has 0 radical (unpaired) electrons. The van der Waals surface area contributed by atoms with Crippen LogP contribution in [0.25, 0.3) is 10.9 Å². The number of aromatic nitrogens is 4. The Balaban J connectivity index is 1.23. The molecule has 0 bridgehead atoms. The smallest absolute Gasteiger partial charge is 0.280 e. The number of nitrogens with zero attached hydrogens (tertiary/aromatic N) is 5. The molecule has 0 saturated carbocycles. The monoisotopic (exact) mass is 609 g/mol. The van der Waals surface area contributed by atoms with Crippen molar-refractivity contribution < 1.29 is 13.6 Å². The summed E-state index contributed by atoms with van der Waals surface area (Å²) in [6.45, 7) is 4.20. The van der Waals surface area contributed by atoms with Crippen LogP contribution >= 0.6 is 0 Å². The predicted molar refractivity (Wildman–Crippen MR) is 170 cm³/mol. The minimum absolute atomic E-state index is 0.00998. The van der Waals surface area contributed by atoms with Gasteiger partial charge in [-0.2, -0.15) is 0 Å². The van der Waals surface area contributed by atoms with E-state index in [1.165, 1.54) is 21.0 Å². The maximum Gasteiger partial charge on any atom is 0.280 e. The number of anilines is 2. The normalized spacial score (nSPS) is 11.7. The lowest BCUT2D eigenvalue weighted by Gasteiger charge is -2.17. The highest BCUT2D eigenvalue weighted by molar-refractivity contribution is 5.95. The first-order valence-electron chi connectivity index (χ1n) is 14.3. The van der Waals surface area contributed by atoms with Crippen molar-refractivity contribution in [1.29, 1.82) is 0 Å². The summed E-state index contributed by atoms with van der Waals surface area (Å²) in [7, 11) is 5.69. The van der Waals surface area contributed by atoms with Crippen molar-refractivity contribution >= 4 is 28.4 Å². The minimum Gasteiger partial charge on any atom is -0.341 e. The Morgan fingerprint density at radius 2 is 1.80 bits per heavy atom. The van der Waals surface area contributed by atoms with E-state index < -0.39 is 29.1 Å². The van der Waals surface area contributed by atoms with Gasteiger partial charge in [0.25, 0.3) is 11.5 Å². The van der Waals surface area contributed by atoms with Crippen LogP contribution < -0.4 is 16.2 Å². The Bertz CT molecular complexity index is 2000. The molecule has 5 rings (SSSR count). The zero-order valence-corrected chi connectivity index (χ0v) is 25.7. The van der Waals surface area contributed by atoms with Gasteiger partial charge in [-0.25, -0.2) is 23.4 Å². The zero-order valence-electron chi connectivity index (χ0n) is 25.7. The van der Waals surface area contributed by atoms with Gasteiger partial charge in [0.15, 0.2) is 11.6 Å². The second-order valence-corrected chi connectivity index (χ2v) is 11.0. The molecule has 2 aromatic heterocycles. The topological polar surface area (TPSA) is 97.1 Å². The van der Waals surface area contributed by atoms with Crippen molar-refractivity contribution in [3.8, 4) is 11.8 Å². The van der Waals surface area contributed by atoms with Gasteiger partial charge in [0.05, 0.1) is 18.1 Å². The van der Waals surface area contributed by atoms with Gasteiger partial charge >= 0.3 is 0 Å². The van der Waals surface area contributed by atoms with Crippen LogP contribution in [0.15, 0.2) is 71.7 Å². The fourth-order valence-corrected chi connectivity index (χ4v) is 5.06. The van der Waals surface area contributed by atoms with Gasteiger partial charge in [0.2, 0.25) is 5.95 Å². The van der Waals surface area contributed by atoms with Crippen LogP contribution in [-0.2, 0) is 13.6 Å². The molecular weight excluding hydrogens is 576 g/mol. The van der Waals surface area contributed by atoms with Crippen LogP contribution in [0, 0.1) is 30.4 Å². The van der Waals surface area contributed by atoms with E-state index in [1.807, 2.05) is 44.4 Å². The van der Waals surface area contributed by atoms with Crippen molar-refractivity contribution in [3.63, 3.8) is 0 Å². The molecule has 0 aliphatic rings. The van der Waals surface area contributed by atoms with E-state index in [2.05, 4.69) is 49.5 Å². The standard InChI is InChI=1S/C34H33F2N7O2/c1-21(25-11-14-28(35)29(36)18-25)43-33(45)31(22(2)42(43)5)32(44)37-16-6-7-23-10-15-30-26(17-23)19-38-34(40-30)39-27-12-8-24(9-13-27)20-41(3)4/h8-15,17-19,21H,16,20H2,1-5H3,(H,37,44)(H,38,39,40). The van der Waals surface area contributed by atoms with Gasteiger partial charge in [0.1, 0.15) is 5.56 Å². The molecule has 1 amide bonds. The largest absolute Gasteiger partial charge is 0.341 e. The number of rotatable bonds is 8. The SMILES string of the molecule is Cc1c(C(=O)NCC#Cc2ccc3nc(Nc4ccc(CN(C)C)cc4)ncc3c2)c(=O)n(C(C)c2ccc(F)c(F)c2)n1C. The molecule has 0 aliphatic carbocycles. The van der Waals surface area contributed by atoms with Crippen molar-refractivity contribution in [2.75, 3.05) is 26.0 Å². The number of hydrogen-bond donors (Lipinski definition) is 2. The molecule has 1 atom stereocenters. The molecule has 0 fully saturated rings. The van der Waals surface area contributed by atoms with Crippen molar-refractivity contribution in [2.24, 2.45) is 7.05 Å². The Morgan fingerprint density at radius 3 is 2.51 bits per heavy atom. The summed E-state index contributed by atoms with van der Waals surface area (Å²) in [6, 6.07) is 16.5. The van der Waals surface area contributed by atoms with E-state index in [0.29, 0.717) is 17.2 Å². The molecule has 1 unspecified atom stereocenters. The van der Waals surface area contributed by atoms with Crippen LogP contribution in [0.3, 0.4) is 0 Å². The number of benzene rings is 3. The average molecular weight is 610 g/mol. The first kappa shape index (κ1) is 31.1. The summed E-state index contributed by atoms with van der Waals surface area (Å²) in [5, 5.41) is 6.73. The summed E-state index contributed by atoms with van der Waals surface area (Å²) >= 11 is 0. The molecule has 45 heavy (non-hydrogen) atoms. The second-order valence-electron chi connectivity index (χ2n) is 11.0. The number of hydrogen-bond acceptors (Lipinski definition) is 6. The fourth-order valence-electron chi connectivity index (χ4n) is 5.06. The van der Waals surface area contributed by atoms with Gasteiger partial charge in [-0.15, -0.1) is 0 Å². The molecule has 5 aromatic rings.